The van der Waals surface area contributed by atoms with Crippen LogP contribution in [0.3, 0.4) is 0 Å². The summed E-state index contributed by atoms with van der Waals surface area (Å²) in [6.45, 7) is 7.30. The van der Waals surface area contributed by atoms with E-state index in [1.165, 1.54) is 10.4 Å². The van der Waals surface area contributed by atoms with Crippen LogP contribution in [0.5, 0.6) is 0 Å². The maximum absolute atomic E-state index is 9.52. The molecule has 0 fully saturated rings. The predicted molar refractivity (Wildman–Crippen MR) is 111 cm³/mol. The van der Waals surface area contributed by atoms with Crippen LogP contribution >= 0.6 is 0 Å². The fourth-order valence-corrected chi connectivity index (χ4v) is 8.17. The smallest absolute Gasteiger partial charge is 0.261 e. The van der Waals surface area contributed by atoms with Gasteiger partial charge in [-0.1, -0.05) is 81.4 Å². The van der Waals surface area contributed by atoms with Gasteiger partial charge in [-0.3, -0.25) is 0 Å². The molecule has 0 aliphatic rings. The highest BCUT2D eigenvalue weighted by molar-refractivity contribution is 6.99. The van der Waals surface area contributed by atoms with Gasteiger partial charge in [-0.2, -0.15) is 0 Å². The van der Waals surface area contributed by atoms with Gasteiger partial charge >= 0.3 is 0 Å². The van der Waals surface area contributed by atoms with E-state index in [4.69, 9.17) is 9.53 Å². The molecule has 0 heterocycles. The highest BCUT2D eigenvalue weighted by atomic mass is 28.4. The lowest BCUT2D eigenvalue weighted by atomic mass is 10.2. The first-order chi connectivity index (χ1) is 12.4. The summed E-state index contributed by atoms with van der Waals surface area (Å²) < 4.78 is 6.78. The van der Waals surface area contributed by atoms with Crippen LogP contribution < -0.4 is 10.4 Å². The average Bonchev–Trinajstić information content (AvgIpc) is 2.65. The molecule has 0 amide bonds. The third kappa shape index (κ3) is 4.83. The first-order valence-electron chi connectivity index (χ1n) is 9.46. The quantitative estimate of drug-likeness (QED) is 0.525. The molecule has 26 heavy (non-hydrogen) atoms. The van der Waals surface area contributed by atoms with Gasteiger partial charge in [-0.05, 0) is 34.7 Å². The molecule has 0 aromatic heterocycles. The summed E-state index contributed by atoms with van der Waals surface area (Å²) in [5.41, 5.74) is 0. The van der Waals surface area contributed by atoms with Crippen LogP contribution in [0.15, 0.2) is 60.7 Å². The molecule has 0 bridgehead atoms. The Bertz CT molecular complexity index is 598. The molecule has 142 valence electrons. The van der Waals surface area contributed by atoms with E-state index in [-0.39, 0.29) is 11.6 Å². The molecule has 1 atom stereocenters. The van der Waals surface area contributed by atoms with Gasteiger partial charge in [0.15, 0.2) is 0 Å². The SMILES string of the molecule is CC(C)(C)[Si](OCCCC[C@H](O)CO)(c1ccccc1)c1ccccc1. The van der Waals surface area contributed by atoms with Crippen LogP contribution in [0.4, 0.5) is 0 Å². The lowest BCUT2D eigenvalue weighted by Gasteiger charge is -2.43. The second kappa shape index (κ2) is 9.47. The lowest BCUT2D eigenvalue weighted by Crippen LogP contribution is -2.66. The Morgan fingerprint density at radius 3 is 1.81 bits per heavy atom. The van der Waals surface area contributed by atoms with Crippen molar-refractivity contribution in [1.82, 2.24) is 0 Å². The Kier molecular flexibility index (Phi) is 7.59. The van der Waals surface area contributed by atoms with Crippen molar-refractivity contribution in [1.29, 1.82) is 0 Å². The van der Waals surface area contributed by atoms with Crippen molar-refractivity contribution >= 4 is 18.7 Å². The molecule has 0 aliphatic heterocycles. The van der Waals surface area contributed by atoms with Crippen molar-refractivity contribution in [2.75, 3.05) is 13.2 Å². The zero-order chi connectivity index (χ0) is 19.0. The van der Waals surface area contributed by atoms with E-state index in [2.05, 4.69) is 69.3 Å². The van der Waals surface area contributed by atoms with Gasteiger partial charge in [0, 0.05) is 6.61 Å². The summed E-state index contributed by atoms with van der Waals surface area (Å²) in [7, 11) is -2.45. The van der Waals surface area contributed by atoms with Gasteiger partial charge in [-0.25, -0.2) is 0 Å². The molecule has 2 rings (SSSR count). The lowest BCUT2D eigenvalue weighted by molar-refractivity contribution is 0.0849. The Hall–Kier alpha value is -1.46. The summed E-state index contributed by atoms with van der Waals surface area (Å²) in [5.74, 6) is 0. The van der Waals surface area contributed by atoms with Crippen LogP contribution in [-0.2, 0) is 4.43 Å². The molecule has 0 aliphatic carbocycles. The van der Waals surface area contributed by atoms with Crippen LogP contribution in [0.25, 0.3) is 0 Å². The van der Waals surface area contributed by atoms with Gasteiger partial charge in [0.25, 0.3) is 8.32 Å². The molecule has 0 saturated heterocycles. The Morgan fingerprint density at radius 2 is 1.38 bits per heavy atom. The molecule has 0 saturated carbocycles. The summed E-state index contributed by atoms with van der Waals surface area (Å²) in [6.07, 6.45) is 1.71. The molecule has 2 aromatic rings. The highest BCUT2D eigenvalue weighted by Gasteiger charge is 2.49. The Balaban J connectivity index is 2.29. The molecule has 0 spiro atoms. The van der Waals surface area contributed by atoms with Crippen LogP contribution in [0.2, 0.25) is 5.04 Å². The van der Waals surface area contributed by atoms with E-state index in [1.807, 2.05) is 12.1 Å². The molecule has 0 unspecified atom stereocenters. The van der Waals surface area contributed by atoms with Crippen LogP contribution in [-0.4, -0.2) is 37.8 Å². The van der Waals surface area contributed by atoms with E-state index in [0.717, 1.165) is 12.8 Å². The van der Waals surface area contributed by atoms with Gasteiger partial charge in [0.2, 0.25) is 0 Å². The van der Waals surface area contributed by atoms with Crippen molar-refractivity contribution < 1.29 is 14.6 Å². The average molecular weight is 373 g/mol. The zero-order valence-corrected chi connectivity index (χ0v) is 17.2. The number of rotatable bonds is 9. The summed E-state index contributed by atoms with van der Waals surface area (Å²) in [4.78, 5) is 0. The van der Waals surface area contributed by atoms with E-state index in [1.54, 1.807) is 0 Å². The standard InChI is InChI=1S/C22H32O3Si/c1-22(2,3)26(20-13-6-4-7-14-20,21-15-8-5-9-16-21)25-17-11-10-12-19(24)18-23/h4-9,13-16,19,23-24H,10-12,17-18H2,1-3H3/t19-/m0/s1. The second-order valence-corrected chi connectivity index (χ2v) is 12.1. The van der Waals surface area contributed by atoms with E-state index in [9.17, 15) is 5.11 Å². The first-order valence-corrected chi connectivity index (χ1v) is 11.4. The zero-order valence-electron chi connectivity index (χ0n) is 16.2. The molecular weight excluding hydrogens is 340 g/mol. The third-order valence-electron chi connectivity index (χ3n) is 4.88. The molecule has 3 nitrogen and oxygen atoms in total. The van der Waals surface area contributed by atoms with Crippen molar-refractivity contribution in [2.24, 2.45) is 0 Å². The number of aliphatic hydroxyl groups excluding tert-OH is 2. The Labute approximate surface area is 158 Å². The van der Waals surface area contributed by atoms with E-state index >= 15 is 0 Å². The minimum absolute atomic E-state index is 0.0136. The molecule has 4 heteroatoms. The fourth-order valence-electron chi connectivity index (χ4n) is 3.56. The molecule has 2 N–H and O–H groups in total. The minimum Gasteiger partial charge on any atom is -0.407 e. The minimum atomic E-state index is -2.45. The normalized spacial score (nSPS) is 13.6. The van der Waals surface area contributed by atoms with Gasteiger partial charge in [0.1, 0.15) is 0 Å². The first kappa shape index (κ1) is 20.8. The van der Waals surface area contributed by atoms with Crippen molar-refractivity contribution in [3.63, 3.8) is 0 Å². The summed E-state index contributed by atoms with van der Waals surface area (Å²) in [5, 5.41) is 21.0. The number of unbranched alkanes of at least 4 members (excludes halogenated alkanes) is 1. The molecular formula is C22H32O3Si. The van der Waals surface area contributed by atoms with Crippen molar-refractivity contribution in [2.45, 2.75) is 51.2 Å². The molecule has 2 aromatic carbocycles. The van der Waals surface area contributed by atoms with Gasteiger partial charge in [0.05, 0.1) is 12.7 Å². The van der Waals surface area contributed by atoms with Crippen molar-refractivity contribution in [3.05, 3.63) is 60.7 Å². The van der Waals surface area contributed by atoms with Gasteiger partial charge < -0.3 is 14.6 Å². The fraction of sp³-hybridized carbons (Fsp3) is 0.455. The topological polar surface area (TPSA) is 49.7 Å². The highest BCUT2D eigenvalue weighted by Crippen LogP contribution is 2.36. The maximum Gasteiger partial charge on any atom is 0.261 e. The van der Waals surface area contributed by atoms with Gasteiger partial charge in [-0.15, -0.1) is 0 Å². The predicted octanol–water partition coefficient (Wildman–Crippen LogP) is 3.09. The number of hydrogen-bond donors (Lipinski definition) is 2. The molecule has 0 radical (unpaired) electrons. The van der Waals surface area contributed by atoms with Crippen LogP contribution in [0.1, 0.15) is 40.0 Å². The Morgan fingerprint density at radius 1 is 0.885 bits per heavy atom. The van der Waals surface area contributed by atoms with E-state index < -0.39 is 14.4 Å². The van der Waals surface area contributed by atoms with Crippen molar-refractivity contribution in [3.8, 4) is 0 Å². The van der Waals surface area contributed by atoms with Crippen LogP contribution in [0, 0.1) is 0 Å². The second-order valence-electron chi connectivity index (χ2n) is 7.84. The maximum atomic E-state index is 9.52. The number of hydrogen-bond acceptors (Lipinski definition) is 3. The summed E-state index contributed by atoms with van der Waals surface area (Å²) in [6, 6.07) is 21.2. The largest absolute Gasteiger partial charge is 0.407 e. The number of aliphatic hydroxyl groups is 2. The summed E-state index contributed by atoms with van der Waals surface area (Å²) >= 11 is 0. The third-order valence-corrected chi connectivity index (χ3v) is 9.92. The number of benzene rings is 2. The van der Waals surface area contributed by atoms with E-state index in [0.29, 0.717) is 13.0 Å². The monoisotopic (exact) mass is 372 g/mol.